The number of hydrogen-bond donors (Lipinski definition) is 2. The van der Waals surface area contributed by atoms with Crippen LogP contribution in [-0.4, -0.2) is 5.96 Å². The third-order valence-electron chi connectivity index (χ3n) is 2.43. The fourth-order valence-corrected chi connectivity index (χ4v) is 3.98. The Morgan fingerprint density at radius 2 is 1.70 bits per heavy atom. The van der Waals surface area contributed by atoms with Crippen LogP contribution in [0.5, 0.6) is 0 Å². The van der Waals surface area contributed by atoms with Crippen molar-refractivity contribution in [2.75, 3.05) is 0 Å². The normalized spacial score (nSPS) is 10.3. The molecule has 0 radical (unpaired) electrons. The zero-order valence-electron chi connectivity index (χ0n) is 10.5. The van der Waals surface area contributed by atoms with Crippen LogP contribution in [0.1, 0.15) is 5.56 Å². The summed E-state index contributed by atoms with van der Waals surface area (Å²) in [4.78, 5) is 5.19. The van der Waals surface area contributed by atoms with E-state index < -0.39 is 0 Å². The number of benzene rings is 2. The van der Waals surface area contributed by atoms with Gasteiger partial charge in [-0.25, -0.2) is 4.99 Å². The molecule has 2 rings (SSSR count). The zero-order valence-corrected chi connectivity index (χ0v) is 14.5. The molecule has 4 N–H and O–H groups in total. The highest BCUT2D eigenvalue weighted by atomic mass is 79.9. The first-order chi connectivity index (χ1) is 9.54. The smallest absolute Gasteiger partial charge is 0.191 e. The van der Waals surface area contributed by atoms with Crippen molar-refractivity contribution in [1.29, 1.82) is 0 Å². The third-order valence-corrected chi connectivity index (χ3v) is 4.48. The summed E-state index contributed by atoms with van der Waals surface area (Å²) in [7, 11) is 0. The zero-order chi connectivity index (χ0) is 14.5. The van der Waals surface area contributed by atoms with E-state index in [2.05, 4.69) is 49.0 Å². The monoisotopic (exact) mass is 413 g/mol. The molecule has 0 bridgehead atoms. The van der Waals surface area contributed by atoms with Crippen LogP contribution in [0.25, 0.3) is 0 Å². The van der Waals surface area contributed by atoms with Crippen LogP contribution < -0.4 is 11.5 Å². The van der Waals surface area contributed by atoms with Crippen molar-refractivity contribution in [3.8, 4) is 0 Å². The number of rotatable bonds is 4. The maximum Gasteiger partial charge on any atom is 0.191 e. The molecule has 0 spiro atoms. The van der Waals surface area contributed by atoms with Crippen LogP contribution in [0.2, 0.25) is 0 Å². The van der Waals surface area contributed by atoms with Gasteiger partial charge in [-0.3, -0.25) is 0 Å². The highest BCUT2D eigenvalue weighted by molar-refractivity contribution is 9.11. The minimum Gasteiger partial charge on any atom is -0.370 e. The first-order valence-electron chi connectivity index (χ1n) is 5.81. The highest BCUT2D eigenvalue weighted by Gasteiger charge is 2.04. The Morgan fingerprint density at radius 1 is 1.05 bits per heavy atom. The first-order valence-corrected chi connectivity index (χ1v) is 8.38. The molecule has 0 aliphatic rings. The molecular formula is C14H13Br2N3S. The summed E-state index contributed by atoms with van der Waals surface area (Å²) in [6.45, 7) is 0. The van der Waals surface area contributed by atoms with Gasteiger partial charge < -0.3 is 11.5 Å². The number of thioether (sulfide) groups is 1. The average Bonchev–Trinajstić information content (AvgIpc) is 2.36. The summed E-state index contributed by atoms with van der Waals surface area (Å²) in [5, 5.41) is 0. The van der Waals surface area contributed by atoms with Gasteiger partial charge in [0, 0.05) is 19.6 Å². The van der Waals surface area contributed by atoms with E-state index in [1.165, 1.54) is 5.56 Å². The molecule has 0 saturated carbocycles. The highest BCUT2D eigenvalue weighted by Crippen LogP contribution is 2.32. The van der Waals surface area contributed by atoms with E-state index in [-0.39, 0.29) is 5.96 Å². The molecule has 0 amide bonds. The van der Waals surface area contributed by atoms with Crippen LogP contribution in [0, 0.1) is 0 Å². The van der Waals surface area contributed by atoms with Gasteiger partial charge in [-0.2, -0.15) is 0 Å². The van der Waals surface area contributed by atoms with Crippen molar-refractivity contribution in [3.63, 3.8) is 0 Å². The molecule has 0 unspecified atom stereocenters. The molecule has 6 heteroatoms. The van der Waals surface area contributed by atoms with E-state index in [1.54, 1.807) is 11.8 Å². The lowest BCUT2D eigenvalue weighted by Gasteiger charge is -2.07. The van der Waals surface area contributed by atoms with Gasteiger partial charge in [0.2, 0.25) is 0 Å². The minimum absolute atomic E-state index is 0.0725. The third kappa shape index (κ3) is 4.54. The molecule has 2 aromatic rings. The molecule has 104 valence electrons. The second kappa shape index (κ2) is 7.15. The van der Waals surface area contributed by atoms with Crippen LogP contribution in [0.3, 0.4) is 0 Å². The van der Waals surface area contributed by atoms with Crippen LogP contribution in [0.4, 0.5) is 5.69 Å². The maximum absolute atomic E-state index is 5.45. The lowest BCUT2D eigenvalue weighted by molar-refractivity contribution is 1.32. The van der Waals surface area contributed by atoms with Crippen molar-refractivity contribution in [3.05, 3.63) is 57.0 Å². The predicted molar refractivity (Wildman–Crippen MR) is 93.3 cm³/mol. The molecule has 0 fully saturated rings. The maximum atomic E-state index is 5.45. The predicted octanol–water partition coefficient (Wildman–Crippen LogP) is 4.41. The Morgan fingerprint density at radius 3 is 2.35 bits per heavy atom. The fourth-order valence-electron chi connectivity index (χ4n) is 1.67. The van der Waals surface area contributed by atoms with E-state index in [0.29, 0.717) is 0 Å². The number of para-hydroxylation sites is 1. The standard InChI is InChI=1S/C14H13Br2N3S/c15-10-5-9(6-11(16)7-10)8-20-13-4-2-1-3-12(13)19-14(17)18/h1-7H,8H2,(H4,17,18,19). The summed E-state index contributed by atoms with van der Waals surface area (Å²) < 4.78 is 2.11. The number of hydrogen-bond acceptors (Lipinski definition) is 2. The number of guanidine groups is 1. The Kier molecular flexibility index (Phi) is 5.51. The van der Waals surface area contributed by atoms with E-state index >= 15 is 0 Å². The molecule has 0 aliphatic heterocycles. The molecule has 20 heavy (non-hydrogen) atoms. The lowest BCUT2D eigenvalue weighted by Crippen LogP contribution is -2.21. The molecular weight excluding hydrogens is 402 g/mol. The quantitative estimate of drug-likeness (QED) is 0.442. The van der Waals surface area contributed by atoms with Crippen molar-refractivity contribution in [2.45, 2.75) is 10.6 Å². The molecule has 0 saturated heterocycles. The van der Waals surface area contributed by atoms with Crippen molar-refractivity contribution >= 4 is 55.3 Å². The van der Waals surface area contributed by atoms with Gasteiger partial charge in [0.1, 0.15) is 0 Å². The lowest BCUT2D eigenvalue weighted by atomic mass is 10.2. The number of aliphatic imine (C=N–C) groups is 1. The van der Waals surface area contributed by atoms with Gasteiger partial charge in [0.05, 0.1) is 5.69 Å². The van der Waals surface area contributed by atoms with Gasteiger partial charge in [0.25, 0.3) is 0 Å². The topological polar surface area (TPSA) is 64.4 Å². The van der Waals surface area contributed by atoms with Crippen LogP contribution in [-0.2, 0) is 5.75 Å². The van der Waals surface area contributed by atoms with Gasteiger partial charge in [-0.05, 0) is 35.9 Å². The van der Waals surface area contributed by atoms with Crippen molar-refractivity contribution < 1.29 is 0 Å². The van der Waals surface area contributed by atoms with E-state index in [9.17, 15) is 0 Å². The molecule has 0 aromatic heterocycles. The van der Waals surface area contributed by atoms with Crippen molar-refractivity contribution in [2.24, 2.45) is 16.5 Å². The summed E-state index contributed by atoms with van der Waals surface area (Å²) >= 11 is 8.68. The number of halogens is 2. The minimum atomic E-state index is 0.0725. The van der Waals surface area contributed by atoms with Gasteiger partial charge in [-0.1, -0.05) is 44.0 Å². The summed E-state index contributed by atoms with van der Waals surface area (Å²) in [5.74, 6) is 0.915. The van der Waals surface area contributed by atoms with E-state index in [4.69, 9.17) is 11.5 Å². The average molecular weight is 415 g/mol. The summed E-state index contributed by atoms with van der Waals surface area (Å²) in [6, 6.07) is 14.0. The number of nitrogens with two attached hydrogens (primary N) is 2. The molecule has 2 aromatic carbocycles. The summed E-state index contributed by atoms with van der Waals surface area (Å²) in [6.07, 6.45) is 0. The molecule has 3 nitrogen and oxygen atoms in total. The Bertz CT molecular complexity index is 620. The van der Waals surface area contributed by atoms with Crippen LogP contribution in [0.15, 0.2) is 61.3 Å². The second-order valence-corrected chi connectivity index (χ2v) is 6.92. The summed E-state index contributed by atoms with van der Waals surface area (Å²) in [5.41, 5.74) is 12.9. The largest absolute Gasteiger partial charge is 0.370 e. The SMILES string of the molecule is NC(N)=Nc1ccccc1SCc1cc(Br)cc(Br)c1. The molecule has 0 atom stereocenters. The number of nitrogens with zero attached hydrogens (tertiary/aromatic N) is 1. The van der Waals surface area contributed by atoms with Gasteiger partial charge in [0.15, 0.2) is 5.96 Å². The molecule has 0 heterocycles. The Hall–Kier alpha value is -0.980. The Labute approximate surface area is 139 Å². The fraction of sp³-hybridized carbons (Fsp3) is 0.0714. The van der Waals surface area contributed by atoms with E-state index in [1.807, 2.05) is 30.3 Å². The van der Waals surface area contributed by atoms with Crippen molar-refractivity contribution in [1.82, 2.24) is 0 Å². The molecule has 0 aliphatic carbocycles. The van der Waals surface area contributed by atoms with Crippen LogP contribution >= 0.6 is 43.6 Å². The Balaban J connectivity index is 2.17. The van der Waals surface area contributed by atoms with Gasteiger partial charge in [-0.15, -0.1) is 11.8 Å². The van der Waals surface area contributed by atoms with E-state index in [0.717, 1.165) is 25.3 Å². The van der Waals surface area contributed by atoms with Gasteiger partial charge >= 0.3 is 0 Å². The first kappa shape index (κ1) is 15.4. The second-order valence-electron chi connectivity index (χ2n) is 4.07.